The Morgan fingerprint density at radius 1 is 1.03 bits per heavy atom. The predicted molar refractivity (Wildman–Crippen MR) is 145 cm³/mol. The molecule has 1 aliphatic heterocycles. The third-order valence-electron chi connectivity index (χ3n) is 6.78. The van der Waals surface area contributed by atoms with Crippen molar-refractivity contribution in [2.24, 2.45) is 5.92 Å². The van der Waals surface area contributed by atoms with E-state index in [2.05, 4.69) is 19.1 Å². The lowest BCUT2D eigenvalue weighted by molar-refractivity contribution is -0.123. The number of nitrogens with zero attached hydrogens (tertiary/aromatic N) is 3. The van der Waals surface area contributed by atoms with Gasteiger partial charge in [0.15, 0.2) is 5.13 Å². The first-order chi connectivity index (χ1) is 17.8. The van der Waals surface area contributed by atoms with Crippen LogP contribution in [-0.4, -0.2) is 36.7 Å². The van der Waals surface area contributed by atoms with Crippen molar-refractivity contribution in [3.63, 3.8) is 0 Å². The highest BCUT2D eigenvalue weighted by Gasteiger charge is 2.35. The Balaban J connectivity index is 1.37. The number of hydrogen-bond acceptors (Lipinski definition) is 5. The Bertz CT molecular complexity index is 1500. The summed E-state index contributed by atoms with van der Waals surface area (Å²) in [5, 5.41) is 0.651. The highest BCUT2D eigenvalue weighted by Crippen LogP contribution is 2.33. The van der Waals surface area contributed by atoms with E-state index in [9.17, 15) is 17.6 Å². The molecular formula is C28H28FN3O3S2. The quantitative estimate of drug-likeness (QED) is 0.306. The number of fused-ring (bicyclic) bond motifs is 1. The van der Waals surface area contributed by atoms with Gasteiger partial charge in [-0.05, 0) is 66.8 Å². The normalized spacial score (nSPS) is 15.2. The maximum atomic E-state index is 13.8. The summed E-state index contributed by atoms with van der Waals surface area (Å²) in [5.74, 6) is -0.846. The number of aromatic nitrogens is 1. The molecule has 0 bridgehead atoms. The lowest BCUT2D eigenvalue weighted by Gasteiger charge is -2.33. The molecule has 37 heavy (non-hydrogen) atoms. The van der Waals surface area contributed by atoms with Gasteiger partial charge in [0.05, 0.1) is 21.7 Å². The zero-order chi connectivity index (χ0) is 26.0. The first kappa shape index (κ1) is 25.5. The van der Waals surface area contributed by atoms with Gasteiger partial charge >= 0.3 is 0 Å². The highest BCUT2D eigenvalue weighted by atomic mass is 32.2. The Morgan fingerprint density at radius 2 is 1.73 bits per heavy atom. The van der Waals surface area contributed by atoms with E-state index in [-0.39, 0.29) is 29.8 Å². The van der Waals surface area contributed by atoms with Crippen LogP contribution in [0.25, 0.3) is 10.2 Å². The molecule has 4 aromatic rings. The molecule has 2 heterocycles. The number of carbonyl (C=O) groups is 1. The van der Waals surface area contributed by atoms with Crippen molar-refractivity contribution in [1.29, 1.82) is 0 Å². The molecule has 3 aromatic carbocycles. The van der Waals surface area contributed by atoms with Crippen LogP contribution in [0.2, 0.25) is 0 Å². The van der Waals surface area contributed by atoms with Gasteiger partial charge in [-0.1, -0.05) is 54.7 Å². The van der Waals surface area contributed by atoms with Gasteiger partial charge in [-0.2, -0.15) is 4.31 Å². The maximum Gasteiger partial charge on any atom is 0.243 e. The Kier molecular flexibility index (Phi) is 7.37. The molecule has 1 fully saturated rings. The summed E-state index contributed by atoms with van der Waals surface area (Å²) in [6.45, 7) is 2.97. The van der Waals surface area contributed by atoms with Crippen molar-refractivity contribution in [3.05, 3.63) is 89.7 Å². The molecule has 0 spiro atoms. The van der Waals surface area contributed by atoms with Crippen molar-refractivity contribution >= 4 is 42.6 Å². The fourth-order valence-electron chi connectivity index (χ4n) is 4.62. The van der Waals surface area contributed by atoms with Crippen LogP contribution in [0.4, 0.5) is 9.52 Å². The van der Waals surface area contributed by atoms with Gasteiger partial charge in [0.25, 0.3) is 0 Å². The van der Waals surface area contributed by atoms with E-state index in [1.54, 1.807) is 4.90 Å². The molecule has 5 rings (SSSR count). The number of halogens is 1. The average Bonchev–Trinajstić information content (AvgIpc) is 3.35. The first-order valence-corrected chi connectivity index (χ1v) is 14.6. The minimum Gasteiger partial charge on any atom is -0.283 e. The second-order valence-electron chi connectivity index (χ2n) is 9.19. The first-order valence-electron chi connectivity index (χ1n) is 12.4. The van der Waals surface area contributed by atoms with Crippen LogP contribution < -0.4 is 4.90 Å². The molecule has 0 aliphatic carbocycles. The summed E-state index contributed by atoms with van der Waals surface area (Å²) in [6, 6.07) is 20.8. The van der Waals surface area contributed by atoms with E-state index in [1.807, 2.05) is 36.4 Å². The predicted octanol–water partition coefficient (Wildman–Crippen LogP) is 5.63. The minimum absolute atomic E-state index is 0.0440. The second-order valence-corrected chi connectivity index (χ2v) is 12.1. The number of carbonyl (C=O) groups excluding carboxylic acids is 1. The van der Waals surface area contributed by atoms with Crippen molar-refractivity contribution in [2.75, 3.05) is 18.0 Å². The summed E-state index contributed by atoms with van der Waals surface area (Å²) in [7, 11) is -3.74. The molecule has 1 aliphatic rings. The minimum atomic E-state index is -3.74. The topological polar surface area (TPSA) is 70.6 Å². The van der Waals surface area contributed by atoms with Gasteiger partial charge in [0.2, 0.25) is 15.9 Å². The highest BCUT2D eigenvalue weighted by molar-refractivity contribution is 7.89. The molecule has 0 atom stereocenters. The second kappa shape index (κ2) is 10.7. The van der Waals surface area contributed by atoms with Crippen molar-refractivity contribution < 1.29 is 17.6 Å². The zero-order valence-electron chi connectivity index (χ0n) is 20.5. The van der Waals surface area contributed by atoms with Crippen LogP contribution in [-0.2, 0) is 27.8 Å². The summed E-state index contributed by atoms with van der Waals surface area (Å²) < 4.78 is 41.8. The van der Waals surface area contributed by atoms with Crippen LogP contribution >= 0.6 is 11.3 Å². The van der Waals surface area contributed by atoms with Crippen molar-refractivity contribution in [1.82, 2.24) is 9.29 Å². The molecule has 0 saturated carbocycles. The fraction of sp³-hybridized carbons (Fsp3) is 0.286. The number of sulfonamides is 1. The van der Waals surface area contributed by atoms with Gasteiger partial charge in [-0.3, -0.25) is 9.69 Å². The average molecular weight is 538 g/mol. The number of anilines is 1. The Labute approximate surface area is 220 Å². The van der Waals surface area contributed by atoms with Gasteiger partial charge in [0.1, 0.15) is 5.82 Å². The molecule has 9 heteroatoms. The number of piperidine rings is 1. The number of thiazole rings is 1. The van der Waals surface area contributed by atoms with Crippen molar-refractivity contribution in [2.45, 2.75) is 37.6 Å². The van der Waals surface area contributed by atoms with Gasteiger partial charge < -0.3 is 0 Å². The fourth-order valence-corrected chi connectivity index (χ4v) is 7.12. The number of aryl methyl sites for hydroxylation is 1. The van der Waals surface area contributed by atoms with Crippen LogP contribution in [0.15, 0.2) is 77.7 Å². The third kappa shape index (κ3) is 5.44. The number of amides is 1. The number of rotatable bonds is 7. The van der Waals surface area contributed by atoms with E-state index in [4.69, 9.17) is 4.98 Å². The van der Waals surface area contributed by atoms with Crippen molar-refractivity contribution in [3.8, 4) is 0 Å². The molecular weight excluding hydrogens is 509 g/mol. The lowest BCUT2D eigenvalue weighted by atomic mass is 9.96. The van der Waals surface area contributed by atoms with E-state index < -0.39 is 15.8 Å². The smallest absolute Gasteiger partial charge is 0.243 e. The summed E-state index contributed by atoms with van der Waals surface area (Å²) in [4.78, 5) is 20.4. The largest absolute Gasteiger partial charge is 0.283 e. The molecule has 6 nitrogen and oxygen atoms in total. The van der Waals surface area contributed by atoms with Crippen LogP contribution in [0, 0.1) is 11.7 Å². The van der Waals surface area contributed by atoms with Gasteiger partial charge in [-0.15, -0.1) is 0 Å². The van der Waals surface area contributed by atoms with Crippen LogP contribution in [0.3, 0.4) is 0 Å². The van der Waals surface area contributed by atoms with Gasteiger partial charge in [-0.25, -0.2) is 17.8 Å². The molecule has 1 amide bonds. The standard InChI is InChI=1S/C28H28FN3O3S2/c1-2-20-8-13-25-26(18-20)36-28(30-25)32(19-21-6-4-3-5-7-21)27(33)22-14-16-31(17-15-22)37(34,35)24-11-9-23(29)10-12-24/h3-13,18,22H,2,14-17,19H2,1H3. The summed E-state index contributed by atoms with van der Waals surface area (Å²) in [6.07, 6.45) is 1.75. The van der Waals surface area contributed by atoms with Crippen LogP contribution in [0.1, 0.15) is 30.9 Å². The number of hydrogen-bond donors (Lipinski definition) is 0. The summed E-state index contributed by atoms with van der Waals surface area (Å²) >= 11 is 1.51. The van der Waals surface area contributed by atoms with Gasteiger partial charge in [0, 0.05) is 19.0 Å². The monoisotopic (exact) mass is 537 g/mol. The lowest BCUT2D eigenvalue weighted by Crippen LogP contribution is -2.44. The Hall–Kier alpha value is -3.14. The number of benzene rings is 3. The molecule has 0 N–H and O–H groups in total. The van der Waals surface area contributed by atoms with E-state index in [0.29, 0.717) is 24.5 Å². The maximum absolute atomic E-state index is 13.8. The van der Waals surface area contributed by atoms with E-state index >= 15 is 0 Å². The third-order valence-corrected chi connectivity index (χ3v) is 9.74. The van der Waals surface area contributed by atoms with E-state index in [1.165, 1.54) is 33.3 Å². The van der Waals surface area contributed by atoms with Crippen LogP contribution in [0.5, 0.6) is 0 Å². The summed E-state index contributed by atoms with van der Waals surface area (Å²) in [5.41, 5.74) is 3.09. The molecule has 0 radical (unpaired) electrons. The molecule has 1 saturated heterocycles. The Morgan fingerprint density at radius 3 is 2.41 bits per heavy atom. The van der Waals surface area contributed by atoms with E-state index in [0.717, 1.165) is 34.3 Å². The molecule has 1 aromatic heterocycles. The molecule has 192 valence electrons. The SMILES string of the molecule is CCc1ccc2nc(N(Cc3ccccc3)C(=O)C3CCN(S(=O)(=O)c4ccc(F)cc4)CC3)sc2c1. The molecule has 0 unspecified atom stereocenters. The zero-order valence-corrected chi connectivity index (χ0v) is 22.1.